The van der Waals surface area contributed by atoms with Gasteiger partial charge in [-0.2, -0.15) is 0 Å². The van der Waals surface area contributed by atoms with Gasteiger partial charge in [-0.1, -0.05) is 17.7 Å². The van der Waals surface area contributed by atoms with Gasteiger partial charge in [0.25, 0.3) is 5.91 Å². The van der Waals surface area contributed by atoms with Gasteiger partial charge in [-0.05, 0) is 61.4 Å². The number of thiophene rings is 1. The van der Waals surface area contributed by atoms with E-state index < -0.39 is 12.1 Å². The lowest BCUT2D eigenvalue weighted by Gasteiger charge is -2.27. The monoisotopic (exact) mass is 442 g/mol. The Balaban J connectivity index is 1.57. The number of amides is 1. The number of aryl methyl sites for hydroxylation is 1. The Bertz CT molecular complexity index is 1140. The van der Waals surface area contributed by atoms with Crippen molar-refractivity contribution in [2.75, 3.05) is 12.4 Å². The molecule has 154 valence electrons. The summed E-state index contributed by atoms with van der Waals surface area (Å²) in [6.45, 7) is 3.94. The maximum Gasteiger partial charge on any atom is 0.343 e. The molecule has 1 aliphatic rings. The fourth-order valence-electron chi connectivity index (χ4n) is 3.23. The van der Waals surface area contributed by atoms with Gasteiger partial charge in [0, 0.05) is 9.90 Å². The van der Waals surface area contributed by atoms with E-state index in [0.29, 0.717) is 21.9 Å². The highest BCUT2D eigenvalue weighted by Gasteiger charge is 2.29. The van der Waals surface area contributed by atoms with Gasteiger partial charge in [0.2, 0.25) is 0 Å². The van der Waals surface area contributed by atoms with E-state index in [0.717, 1.165) is 21.0 Å². The van der Waals surface area contributed by atoms with Crippen LogP contribution < -0.4 is 20.1 Å². The lowest BCUT2D eigenvalue weighted by molar-refractivity contribution is 0.0729. The summed E-state index contributed by atoms with van der Waals surface area (Å²) in [5, 5.41) is 7.71. The predicted molar refractivity (Wildman–Crippen MR) is 117 cm³/mol. The number of rotatable bonds is 4. The molecule has 4 rings (SSSR count). The Hall–Kier alpha value is -3.03. The first-order valence-electron chi connectivity index (χ1n) is 9.20. The summed E-state index contributed by atoms with van der Waals surface area (Å²) in [5.41, 5.74) is 2.83. The first kappa shape index (κ1) is 20.3. The first-order chi connectivity index (χ1) is 14.4. The Kier molecular flexibility index (Phi) is 5.40. The highest BCUT2D eigenvalue weighted by atomic mass is 35.5. The molecule has 1 aromatic heterocycles. The topological polar surface area (TPSA) is 76.7 Å². The third kappa shape index (κ3) is 3.74. The number of carbonyl (C=O) groups excluding carboxylic acids is 2. The minimum atomic E-state index is -0.518. The minimum absolute atomic E-state index is 0.118. The van der Waals surface area contributed by atoms with Crippen LogP contribution in [0.15, 0.2) is 42.5 Å². The summed E-state index contributed by atoms with van der Waals surface area (Å²) in [4.78, 5) is 26.1. The molecular formula is C22H19ClN2O4S. The van der Waals surface area contributed by atoms with E-state index >= 15 is 0 Å². The largest absolute Gasteiger partial charge is 0.493 e. The molecule has 2 N–H and O–H groups in total. The molecule has 0 radical (unpaired) electrons. The predicted octanol–water partition coefficient (Wildman–Crippen LogP) is 5.10. The normalized spacial score (nSPS) is 15.1. The molecule has 1 aliphatic heterocycles. The Morgan fingerprint density at radius 3 is 2.50 bits per heavy atom. The van der Waals surface area contributed by atoms with E-state index in [9.17, 15) is 9.59 Å². The lowest BCUT2D eigenvalue weighted by atomic mass is 10.1. The van der Waals surface area contributed by atoms with Crippen LogP contribution in [0.5, 0.6) is 11.5 Å². The second-order valence-electron chi connectivity index (χ2n) is 6.84. The quantitative estimate of drug-likeness (QED) is 0.434. The number of carbonyl (C=O) groups is 2. The van der Waals surface area contributed by atoms with Crippen molar-refractivity contribution in [1.29, 1.82) is 0 Å². The molecule has 0 fully saturated rings. The molecule has 0 spiro atoms. The molecule has 0 saturated carbocycles. The van der Waals surface area contributed by atoms with Crippen LogP contribution >= 0.6 is 22.9 Å². The van der Waals surface area contributed by atoms with Gasteiger partial charge < -0.3 is 20.1 Å². The van der Waals surface area contributed by atoms with Gasteiger partial charge in [-0.15, -0.1) is 11.3 Å². The van der Waals surface area contributed by atoms with Crippen LogP contribution in [0.3, 0.4) is 0 Å². The average Bonchev–Trinajstić information content (AvgIpc) is 3.02. The molecule has 3 aromatic rings. The minimum Gasteiger partial charge on any atom is -0.493 e. The van der Waals surface area contributed by atoms with E-state index in [1.807, 2.05) is 13.8 Å². The van der Waals surface area contributed by atoms with Crippen LogP contribution in [0.1, 0.15) is 42.9 Å². The van der Waals surface area contributed by atoms with Crippen LogP contribution in [-0.4, -0.2) is 19.0 Å². The first-order valence-corrected chi connectivity index (χ1v) is 10.4. The molecule has 1 amide bonds. The molecule has 30 heavy (non-hydrogen) atoms. The van der Waals surface area contributed by atoms with Gasteiger partial charge in [0.1, 0.15) is 11.2 Å². The van der Waals surface area contributed by atoms with Crippen molar-refractivity contribution in [3.63, 3.8) is 0 Å². The van der Waals surface area contributed by atoms with E-state index in [2.05, 4.69) is 10.6 Å². The van der Waals surface area contributed by atoms with Crippen molar-refractivity contribution in [3.8, 4) is 11.5 Å². The Labute approximate surface area is 182 Å². The summed E-state index contributed by atoms with van der Waals surface area (Å²) in [7, 11) is 1.50. The smallest absolute Gasteiger partial charge is 0.343 e. The van der Waals surface area contributed by atoms with Crippen molar-refractivity contribution >= 4 is 39.8 Å². The second-order valence-corrected chi connectivity index (χ2v) is 8.51. The van der Waals surface area contributed by atoms with Crippen LogP contribution in [0, 0.1) is 13.8 Å². The van der Waals surface area contributed by atoms with E-state index in [4.69, 9.17) is 21.1 Å². The number of fused-ring (bicyclic) bond motifs is 1. The number of nitrogens with one attached hydrogen (secondary N) is 2. The zero-order valence-electron chi connectivity index (χ0n) is 16.5. The molecule has 1 unspecified atom stereocenters. The molecule has 0 bridgehead atoms. The van der Waals surface area contributed by atoms with Gasteiger partial charge >= 0.3 is 5.97 Å². The maximum atomic E-state index is 12.6. The molecule has 0 aliphatic carbocycles. The van der Waals surface area contributed by atoms with Crippen molar-refractivity contribution < 1.29 is 19.1 Å². The van der Waals surface area contributed by atoms with E-state index in [1.165, 1.54) is 7.11 Å². The number of esters is 1. The second kappa shape index (κ2) is 8.01. The molecular weight excluding hydrogens is 424 g/mol. The summed E-state index contributed by atoms with van der Waals surface area (Å²) < 4.78 is 10.9. The van der Waals surface area contributed by atoms with Gasteiger partial charge in [0.05, 0.1) is 18.2 Å². The standard InChI is InChI=1S/C22H19ClN2O4S/c1-11-12(2)30-21-18(11)20(26)24-19(25-21)14-6-9-16(17(10-14)28-3)29-22(27)13-4-7-15(23)8-5-13/h4-10,19,25H,1-3H3,(H,24,26). The fraction of sp³-hybridized carbons (Fsp3) is 0.182. The molecule has 8 heteroatoms. The van der Waals surface area contributed by atoms with E-state index in [-0.39, 0.29) is 11.7 Å². The Morgan fingerprint density at radius 1 is 1.07 bits per heavy atom. The number of ether oxygens (including phenoxy) is 2. The van der Waals surface area contributed by atoms with Crippen molar-refractivity contribution in [1.82, 2.24) is 5.32 Å². The van der Waals surface area contributed by atoms with Crippen LogP contribution in [-0.2, 0) is 0 Å². The highest BCUT2D eigenvalue weighted by Crippen LogP contribution is 2.38. The van der Waals surface area contributed by atoms with Gasteiger partial charge in [0.15, 0.2) is 11.5 Å². The third-order valence-corrected chi connectivity index (χ3v) is 6.36. The third-order valence-electron chi connectivity index (χ3n) is 4.97. The molecule has 2 aromatic carbocycles. The molecule has 1 atom stereocenters. The summed E-state index contributed by atoms with van der Waals surface area (Å²) >= 11 is 7.42. The number of anilines is 1. The number of hydrogen-bond acceptors (Lipinski definition) is 6. The van der Waals surface area contributed by atoms with Crippen LogP contribution in [0.25, 0.3) is 0 Å². The summed E-state index contributed by atoms with van der Waals surface area (Å²) in [6, 6.07) is 11.6. The zero-order chi connectivity index (χ0) is 21.4. The molecule has 6 nitrogen and oxygen atoms in total. The lowest BCUT2D eigenvalue weighted by Crippen LogP contribution is -2.38. The van der Waals surface area contributed by atoms with Crippen molar-refractivity contribution in [2.45, 2.75) is 20.0 Å². The zero-order valence-corrected chi connectivity index (χ0v) is 18.1. The Morgan fingerprint density at radius 2 is 1.80 bits per heavy atom. The highest BCUT2D eigenvalue weighted by molar-refractivity contribution is 7.16. The SMILES string of the molecule is COc1cc(C2NC(=O)c3c(sc(C)c3C)N2)ccc1OC(=O)c1ccc(Cl)cc1. The molecule has 2 heterocycles. The maximum absolute atomic E-state index is 12.6. The van der Waals surface area contributed by atoms with Gasteiger partial charge in [-0.3, -0.25) is 4.79 Å². The molecule has 0 saturated heterocycles. The number of halogens is 1. The average molecular weight is 443 g/mol. The van der Waals surface area contributed by atoms with E-state index in [1.54, 1.807) is 53.8 Å². The van der Waals surface area contributed by atoms with Gasteiger partial charge in [-0.25, -0.2) is 4.79 Å². The summed E-state index contributed by atoms with van der Waals surface area (Å²) in [5.74, 6) is 0.0332. The van der Waals surface area contributed by atoms with Crippen molar-refractivity contribution in [2.24, 2.45) is 0 Å². The van der Waals surface area contributed by atoms with Crippen LogP contribution in [0.2, 0.25) is 5.02 Å². The van der Waals surface area contributed by atoms with Crippen LogP contribution in [0.4, 0.5) is 5.00 Å². The van der Waals surface area contributed by atoms with Crippen molar-refractivity contribution in [3.05, 3.63) is 74.6 Å². The number of hydrogen-bond donors (Lipinski definition) is 2. The number of benzene rings is 2. The number of methoxy groups -OCH3 is 1. The fourth-order valence-corrected chi connectivity index (χ4v) is 4.44. The summed E-state index contributed by atoms with van der Waals surface area (Å²) in [6.07, 6.45) is -0.419.